The summed E-state index contributed by atoms with van der Waals surface area (Å²) in [5.74, 6) is 1.85. The third-order valence-corrected chi connectivity index (χ3v) is 6.50. The second-order valence-electron chi connectivity index (χ2n) is 8.70. The smallest absolute Gasteiger partial charge is 0.253 e. The summed E-state index contributed by atoms with van der Waals surface area (Å²) >= 11 is 0. The number of fused-ring (bicyclic) bond motifs is 2. The highest BCUT2D eigenvalue weighted by Gasteiger charge is 2.33. The molecule has 174 valence electrons. The molecule has 0 bridgehead atoms. The number of hydrogen-bond donors (Lipinski definition) is 2. The molecule has 6 rings (SSSR count). The molecule has 0 aliphatic carbocycles. The summed E-state index contributed by atoms with van der Waals surface area (Å²) in [4.78, 5) is 18.5. The molecule has 2 aliphatic rings. The fraction of sp³-hybridized carbons (Fsp3) is 0.333. The van der Waals surface area contributed by atoms with Gasteiger partial charge in [-0.1, -0.05) is 30.3 Å². The van der Waals surface area contributed by atoms with Crippen molar-refractivity contribution in [1.82, 2.24) is 30.1 Å². The molecule has 10 heteroatoms. The number of rotatable bonds is 5. The molecule has 2 aromatic carbocycles. The van der Waals surface area contributed by atoms with E-state index < -0.39 is 6.04 Å². The predicted octanol–water partition coefficient (Wildman–Crippen LogP) is 1.84. The lowest BCUT2D eigenvalue weighted by Gasteiger charge is -2.35. The molecule has 1 unspecified atom stereocenters. The number of aromatic nitrogens is 5. The fourth-order valence-electron chi connectivity index (χ4n) is 4.74. The molecule has 1 fully saturated rings. The highest BCUT2D eigenvalue weighted by Crippen LogP contribution is 2.36. The SMILES string of the molecule is O=c1[nH]c2cc3c(cc2cc1C(c1nnnn1Cc1ccccc1)N1CCC(O)CC1)OCO3. The van der Waals surface area contributed by atoms with Gasteiger partial charge in [0.2, 0.25) is 6.79 Å². The molecule has 10 nitrogen and oxygen atoms in total. The van der Waals surface area contributed by atoms with Crippen molar-refractivity contribution in [2.75, 3.05) is 19.9 Å². The van der Waals surface area contributed by atoms with Crippen molar-refractivity contribution in [3.05, 3.63) is 75.8 Å². The Kier molecular flexibility index (Phi) is 5.23. The van der Waals surface area contributed by atoms with Gasteiger partial charge in [-0.15, -0.1) is 5.10 Å². The van der Waals surface area contributed by atoms with E-state index in [0.717, 1.165) is 10.9 Å². The molecule has 0 saturated carbocycles. The Morgan fingerprint density at radius 1 is 1.09 bits per heavy atom. The van der Waals surface area contributed by atoms with E-state index >= 15 is 0 Å². The second-order valence-corrected chi connectivity index (χ2v) is 8.70. The number of tetrazole rings is 1. The van der Waals surface area contributed by atoms with Crippen molar-refractivity contribution >= 4 is 10.9 Å². The van der Waals surface area contributed by atoms with Gasteiger partial charge in [0.1, 0.15) is 6.04 Å². The van der Waals surface area contributed by atoms with E-state index in [9.17, 15) is 9.90 Å². The number of nitrogens with zero attached hydrogens (tertiary/aromatic N) is 5. The number of nitrogens with one attached hydrogen (secondary N) is 1. The maximum absolute atomic E-state index is 13.4. The van der Waals surface area contributed by atoms with Crippen molar-refractivity contribution in [1.29, 1.82) is 0 Å². The summed E-state index contributed by atoms with van der Waals surface area (Å²) < 4.78 is 12.7. The van der Waals surface area contributed by atoms with Gasteiger partial charge in [0, 0.05) is 30.1 Å². The van der Waals surface area contributed by atoms with E-state index in [1.165, 1.54) is 0 Å². The molecular formula is C24H24N6O4. The van der Waals surface area contributed by atoms with Crippen LogP contribution in [0.4, 0.5) is 0 Å². The molecule has 0 radical (unpaired) electrons. The number of piperidine rings is 1. The lowest BCUT2D eigenvalue weighted by atomic mass is 9.99. The van der Waals surface area contributed by atoms with Gasteiger partial charge in [-0.05, 0) is 41.0 Å². The Bertz CT molecular complexity index is 1380. The van der Waals surface area contributed by atoms with Gasteiger partial charge in [-0.25, -0.2) is 4.68 Å². The number of likely N-dealkylation sites (tertiary alicyclic amines) is 1. The first kappa shape index (κ1) is 20.8. The van der Waals surface area contributed by atoms with Crippen LogP contribution in [0.1, 0.15) is 35.8 Å². The van der Waals surface area contributed by atoms with Gasteiger partial charge in [-0.3, -0.25) is 9.69 Å². The number of aliphatic hydroxyl groups excluding tert-OH is 1. The maximum atomic E-state index is 13.4. The Balaban J connectivity index is 1.46. The van der Waals surface area contributed by atoms with Crippen LogP contribution in [0, 0.1) is 0 Å². The monoisotopic (exact) mass is 460 g/mol. The van der Waals surface area contributed by atoms with Crippen LogP contribution < -0.4 is 15.0 Å². The molecule has 4 heterocycles. The van der Waals surface area contributed by atoms with E-state index in [1.807, 2.05) is 42.5 Å². The highest BCUT2D eigenvalue weighted by atomic mass is 16.7. The van der Waals surface area contributed by atoms with Crippen molar-refractivity contribution in [2.45, 2.75) is 31.5 Å². The molecule has 1 saturated heterocycles. The van der Waals surface area contributed by atoms with Crippen LogP contribution in [-0.2, 0) is 6.54 Å². The zero-order chi connectivity index (χ0) is 23.1. The zero-order valence-corrected chi connectivity index (χ0v) is 18.4. The fourth-order valence-corrected chi connectivity index (χ4v) is 4.74. The number of H-pyrrole nitrogens is 1. The summed E-state index contributed by atoms with van der Waals surface area (Å²) in [7, 11) is 0. The Morgan fingerprint density at radius 3 is 2.65 bits per heavy atom. The average molecular weight is 460 g/mol. The third kappa shape index (κ3) is 3.80. The Hall–Kier alpha value is -3.76. The maximum Gasteiger partial charge on any atom is 0.253 e. The minimum atomic E-state index is -0.468. The normalized spacial score (nSPS) is 17.3. The number of ether oxygens (including phenoxy) is 2. The van der Waals surface area contributed by atoms with Gasteiger partial charge in [0.15, 0.2) is 17.3 Å². The first-order chi connectivity index (χ1) is 16.7. The Morgan fingerprint density at radius 2 is 1.85 bits per heavy atom. The van der Waals surface area contributed by atoms with Gasteiger partial charge in [-0.2, -0.15) is 0 Å². The summed E-state index contributed by atoms with van der Waals surface area (Å²) in [5, 5.41) is 23.5. The Labute approximate surface area is 194 Å². The van der Waals surface area contributed by atoms with Gasteiger partial charge in [0.05, 0.1) is 18.2 Å². The second kappa shape index (κ2) is 8.54. The molecule has 34 heavy (non-hydrogen) atoms. The lowest BCUT2D eigenvalue weighted by molar-refractivity contribution is 0.0659. The molecule has 0 spiro atoms. The summed E-state index contributed by atoms with van der Waals surface area (Å²) in [6, 6.07) is 15.0. The van der Waals surface area contributed by atoms with E-state index in [4.69, 9.17) is 9.47 Å². The van der Waals surface area contributed by atoms with E-state index in [1.54, 1.807) is 10.7 Å². The van der Waals surface area contributed by atoms with E-state index in [-0.39, 0.29) is 18.5 Å². The minimum Gasteiger partial charge on any atom is -0.454 e. The highest BCUT2D eigenvalue weighted by molar-refractivity contribution is 5.83. The predicted molar refractivity (Wildman–Crippen MR) is 123 cm³/mol. The van der Waals surface area contributed by atoms with Crippen LogP contribution in [0.3, 0.4) is 0 Å². The topological polar surface area (TPSA) is 118 Å². The molecule has 2 aromatic heterocycles. The third-order valence-electron chi connectivity index (χ3n) is 6.50. The largest absolute Gasteiger partial charge is 0.454 e. The van der Waals surface area contributed by atoms with Gasteiger partial charge < -0.3 is 19.6 Å². The average Bonchev–Trinajstić information content (AvgIpc) is 3.49. The molecule has 4 aromatic rings. The van der Waals surface area contributed by atoms with Gasteiger partial charge >= 0.3 is 0 Å². The number of pyridine rings is 1. The summed E-state index contributed by atoms with van der Waals surface area (Å²) in [5.41, 5.74) is 2.07. The molecule has 1 atom stereocenters. The lowest BCUT2D eigenvalue weighted by Crippen LogP contribution is -2.41. The number of hydrogen-bond acceptors (Lipinski definition) is 8. The molecule has 2 aliphatic heterocycles. The summed E-state index contributed by atoms with van der Waals surface area (Å²) in [6.45, 7) is 1.90. The van der Waals surface area contributed by atoms with Crippen LogP contribution in [0.15, 0.2) is 53.3 Å². The van der Waals surface area contributed by atoms with Crippen LogP contribution in [0.5, 0.6) is 11.5 Å². The van der Waals surface area contributed by atoms with Crippen LogP contribution in [0.2, 0.25) is 0 Å². The van der Waals surface area contributed by atoms with Crippen LogP contribution >= 0.6 is 0 Å². The van der Waals surface area contributed by atoms with Crippen molar-refractivity contribution < 1.29 is 14.6 Å². The summed E-state index contributed by atoms with van der Waals surface area (Å²) in [6.07, 6.45) is 0.911. The van der Waals surface area contributed by atoms with Crippen molar-refractivity contribution in [2.24, 2.45) is 0 Å². The number of aliphatic hydroxyl groups is 1. The first-order valence-corrected chi connectivity index (χ1v) is 11.3. The molecular weight excluding hydrogens is 436 g/mol. The van der Waals surface area contributed by atoms with Gasteiger partial charge in [0.25, 0.3) is 5.56 Å². The van der Waals surface area contributed by atoms with Crippen molar-refractivity contribution in [3.8, 4) is 11.5 Å². The number of aromatic amines is 1. The minimum absolute atomic E-state index is 0.162. The molecule has 2 N–H and O–H groups in total. The van der Waals surface area contributed by atoms with Crippen LogP contribution in [0.25, 0.3) is 10.9 Å². The zero-order valence-electron chi connectivity index (χ0n) is 18.4. The standard InChI is InChI=1S/C24H24N6O4/c31-17-6-8-29(9-7-17)22(23-26-27-28-30(23)13-15-4-2-1-3-5-15)18-10-16-11-20-21(34-14-33-20)12-19(16)25-24(18)32/h1-5,10-12,17,22,31H,6-9,13-14H2,(H,25,32). The first-order valence-electron chi connectivity index (χ1n) is 11.3. The molecule has 0 amide bonds. The number of benzene rings is 2. The van der Waals surface area contributed by atoms with E-state index in [2.05, 4.69) is 25.4 Å². The van der Waals surface area contributed by atoms with Crippen molar-refractivity contribution in [3.63, 3.8) is 0 Å². The van der Waals surface area contributed by atoms with E-state index in [0.29, 0.717) is 60.9 Å². The van der Waals surface area contributed by atoms with Crippen LogP contribution in [-0.4, -0.2) is 61.2 Å². The quantitative estimate of drug-likeness (QED) is 0.463.